The molecule has 4 nitrogen and oxygen atoms in total. The van der Waals surface area contributed by atoms with Gasteiger partial charge in [-0.15, -0.1) is 0 Å². The van der Waals surface area contributed by atoms with E-state index in [1.807, 2.05) is 0 Å². The summed E-state index contributed by atoms with van der Waals surface area (Å²) in [5.41, 5.74) is 0. The van der Waals surface area contributed by atoms with Crippen LogP contribution in [-0.4, -0.2) is 41.4 Å². The van der Waals surface area contributed by atoms with Crippen LogP contribution in [0.5, 0.6) is 0 Å². The zero-order valence-corrected chi connectivity index (χ0v) is 9.73. The molecule has 1 fully saturated rings. The standard InChI is InChI=1S/C11H17F2NO3/c1-2-5-14(6-9(12)13)10(15)7-3-4-8(7)11(16)17/h7-9H,2-6H2,1H3,(H,16,17). The molecule has 1 aliphatic rings. The number of carbonyl (C=O) groups excluding carboxylic acids is 1. The molecule has 1 amide bonds. The first-order chi connectivity index (χ1) is 7.97. The second-order valence-corrected chi connectivity index (χ2v) is 4.30. The summed E-state index contributed by atoms with van der Waals surface area (Å²) in [5.74, 6) is -2.76. The molecule has 0 aromatic carbocycles. The maximum atomic E-state index is 12.3. The van der Waals surface area contributed by atoms with Crippen molar-refractivity contribution in [2.45, 2.75) is 32.6 Å². The Hall–Kier alpha value is -1.20. The molecule has 1 rings (SSSR count). The normalized spacial score (nSPS) is 23.3. The number of alkyl halides is 2. The highest BCUT2D eigenvalue weighted by Gasteiger charge is 2.43. The zero-order valence-electron chi connectivity index (χ0n) is 9.73. The summed E-state index contributed by atoms with van der Waals surface area (Å²) < 4.78 is 24.6. The van der Waals surface area contributed by atoms with E-state index in [0.717, 1.165) is 4.90 Å². The lowest BCUT2D eigenvalue weighted by Gasteiger charge is -2.36. The molecule has 1 saturated carbocycles. The van der Waals surface area contributed by atoms with Crippen LogP contribution >= 0.6 is 0 Å². The number of carbonyl (C=O) groups is 2. The highest BCUT2D eigenvalue weighted by molar-refractivity contribution is 5.86. The van der Waals surface area contributed by atoms with Gasteiger partial charge in [-0.2, -0.15) is 0 Å². The average Bonchev–Trinajstić information content (AvgIpc) is 2.13. The zero-order chi connectivity index (χ0) is 13.0. The Bertz CT molecular complexity index is 296. The van der Waals surface area contributed by atoms with Crippen molar-refractivity contribution in [3.8, 4) is 0 Å². The Kier molecular flexibility index (Phi) is 4.84. The van der Waals surface area contributed by atoms with Crippen molar-refractivity contribution in [1.29, 1.82) is 0 Å². The van der Waals surface area contributed by atoms with Crippen LogP contribution in [0.3, 0.4) is 0 Å². The van der Waals surface area contributed by atoms with Crippen molar-refractivity contribution in [3.05, 3.63) is 0 Å². The first-order valence-electron chi connectivity index (χ1n) is 5.77. The smallest absolute Gasteiger partial charge is 0.307 e. The minimum Gasteiger partial charge on any atom is -0.481 e. The Morgan fingerprint density at radius 2 is 1.94 bits per heavy atom. The Morgan fingerprint density at radius 3 is 2.29 bits per heavy atom. The predicted octanol–water partition coefficient (Wildman–Crippen LogP) is 1.60. The van der Waals surface area contributed by atoms with Crippen molar-refractivity contribution < 1.29 is 23.5 Å². The van der Waals surface area contributed by atoms with Gasteiger partial charge in [0.25, 0.3) is 6.43 Å². The van der Waals surface area contributed by atoms with Gasteiger partial charge < -0.3 is 10.0 Å². The van der Waals surface area contributed by atoms with E-state index in [2.05, 4.69) is 0 Å². The van der Waals surface area contributed by atoms with E-state index in [1.54, 1.807) is 6.92 Å². The number of rotatable bonds is 6. The van der Waals surface area contributed by atoms with Crippen molar-refractivity contribution in [2.24, 2.45) is 11.8 Å². The van der Waals surface area contributed by atoms with E-state index in [-0.39, 0.29) is 6.54 Å². The second-order valence-electron chi connectivity index (χ2n) is 4.30. The highest BCUT2D eigenvalue weighted by atomic mass is 19.3. The summed E-state index contributed by atoms with van der Waals surface area (Å²) in [4.78, 5) is 23.8. The van der Waals surface area contributed by atoms with Gasteiger partial charge in [-0.25, -0.2) is 8.78 Å². The summed E-state index contributed by atoms with van der Waals surface area (Å²) in [7, 11) is 0. The lowest BCUT2D eigenvalue weighted by atomic mass is 9.73. The van der Waals surface area contributed by atoms with Gasteiger partial charge >= 0.3 is 5.97 Å². The van der Waals surface area contributed by atoms with E-state index in [9.17, 15) is 18.4 Å². The molecule has 1 N–H and O–H groups in total. The van der Waals surface area contributed by atoms with Crippen LogP contribution in [0.2, 0.25) is 0 Å². The van der Waals surface area contributed by atoms with E-state index < -0.39 is 36.7 Å². The van der Waals surface area contributed by atoms with Crippen molar-refractivity contribution in [1.82, 2.24) is 4.90 Å². The number of amides is 1. The topological polar surface area (TPSA) is 57.6 Å². The first kappa shape index (κ1) is 13.9. The molecule has 17 heavy (non-hydrogen) atoms. The number of halogens is 2. The highest BCUT2D eigenvalue weighted by Crippen LogP contribution is 2.36. The monoisotopic (exact) mass is 249 g/mol. The number of carboxylic acids is 1. The van der Waals surface area contributed by atoms with E-state index in [4.69, 9.17) is 5.11 Å². The number of aliphatic carboxylic acids is 1. The molecule has 0 bridgehead atoms. The second kappa shape index (κ2) is 5.93. The third kappa shape index (κ3) is 3.38. The van der Waals surface area contributed by atoms with Crippen LogP contribution in [0.15, 0.2) is 0 Å². The number of nitrogens with zero attached hydrogens (tertiary/aromatic N) is 1. The fourth-order valence-corrected chi connectivity index (χ4v) is 2.05. The first-order valence-corrected chi connectivity index (χ1v) is 5.77. The maximum absolute atomic E-state index is 12.3. The molecule has 2 atom stereocenters. The molecule has 0 aliphatic heterocycles. The van der Waals surface area contributed by atoms with Gasteiger partial charge in [-0.05, 0) is 19.3 Å². The average molecular weight is 249 g/mol. The van der Waals surface area contributed by atoms with Gasteiger partial charge in [0.2, 0.25) is 5.91 Å². The third-order valence-corrected chi connectivity index (χ3v) is 3.07. The van der Waals surface area contributed by atoms with Gasteiger partial charge in [-0.1, -0.05) is 6.92 Å². The van der Waals surface area contributed by atoms with Crippen molar-refractivity contribution in [3.63, 3.8) is 0 Å². The van der Waals surface area contributed by atoms with E-state index in [0.29, 0.717) is 19.3 Å². The Labute approximate surface area is 98.6 Å². The molecule has 0 heterocycles. The number of hydrogen-bond donors (Lipinski definition) is 1. The summed E-state index contributed by atoms with van der Waals surface area (Å²) in [6.07, 6.45) is -1.04. The van der Waals surface area contributed by atoms with Gasteiger partial charge in [0, 0.05) is 6.54 Å². The number of carboxylic acid groups (broad SMARTS) is 1. The van der Waals surface area contributed by atoms with Crippen molar-refractivity contribution in [2.75, 3.05) is 13.1 Å². The molecule has 2 unspecified atom stereocenters. The third-order valence-electron chi connectivity index (χ3n) is 3.07. The Morgan fingerprint density at radius 1 is 1.35 bits per heavy atom. The van der Waals surface area contributed by atoms with Crippen LogP contribution in [0.25, 0.3) is 0 Å². The van der Waals surface area contributed by atoms with Crippen molar-refractivity contribution >= 4 is 11.9 Å². The van der Waals surface area contributed by atoms with Crippen LogP contribution in [0.4, 0.5) is 8.78 Å². The fourth-order valence-electron chi connectivity index (χ4n) is 2.05. The molecule has 98 valence electrons. The number of hydrogen-bond acceptors (Lipinski definition) is 2. The molecule has 6 heteroatoms. The fraction of sp³-hybridized carbons (Fsp3) is 0.818. The molecule has 0 radical (unpaired) electrons. The largest absolute Gasteiger partial charge is 0.481 e. The Balaban J connectivity index is 2.61. The van der Waals surface area contributed by atoms with Crippen LogP contribution in [0, 0.1) is 11.8 Å². The van der Waals surface area contributed by atoms with Gasteiger partial charge in [0.05, 0.1) is 18.4 Å². The summed E-state index contributed by atoms with van der Waals surface area (Å²) in [6, 6.07) is 0. The minimum atomic E-state index is -2.58. The van der Waals surface area contributed by atoms with Crippen LogP contribution < -0.4 is 0 Å². The van der Waals surface area contributed by atoms with E-state index in [1.165, 1.54) is 0 Å². The van der Waals surface area contributed by atoms with Gasteiger partial charge in [0.1, 0.15) is 0 Å². The minimum absolute atomic E-state index is 0.256. The van der Waals surface area contributed by atoms with Crippen LogP contribution in [0.1, 0.15) is 26.2 Å². The van der Waals surface area contributed by atoms with Gasteiger partial charge in [-0.3, -0.25) is 9.59 Å². The summed E-state index contributed by atoms with van der Waals surface area (Å²) >= 11 is 0. The quantitative estimate of drug-likeness (QED) is 0.777. The molecule has 0 aromatic heterocycles. The molecule has 1 aliphatic carbocycles. The lowest BCUT2D eigenvalue weighted by molar-refractivity contribution is -0.157. The lowest BCUT2D eigenvalue weighted by Crippen LogP contribution is -2.47. The van der Waals surface area contributed by atoms with Crippen LogP contribution in [-0.2, 0) is 9.59 Å². The van der Waals surface area contributed by atoms with E-state index >= 15 is 0 Å². The van der Waals surface area contributed by atoms with Gasteiger partial charge in [0.15, 0.2) is 0 Å². The predicted molar refractivity (Wildman–Crippen MR) is 56.7 cm³/mol. The molecule has 0 aromatic rings. The molecular weight excluding hydrogens is 232 g/mol. The summed E-state index contributed by atoms with van der Waals surface area (Å²) in [6.45, 7) is 1.45. The molecular formula is C11H17F2NO3. The molecule has 0 spiro atoms. The SMILES string of the molecule is CCCN(CC(F)F)C(=O)C1CCC1C(=O)O. The maximum Gasteiger partial charge on any atom is 0.307 e. The molecule has 0 saturated heterocycles. The summed E-state index contributed by atoms with van der Waals surface area (Å²) in [5, 5.41) is 8.83.